The van der Waals surface area contributed by atoms with Gasteiger partial charge in [0.1, 0.15) is 5.75 Å². The fraction of sp³-hybridized carbons (Fsp3) is 0.562. The molecule has 22 heavy (non-hydrogen) atoms. The number of benzene rings is 1. The van der Waals surface area contributed by atoms with E-state index in [1.807, 2.05) is 0 Å². The maximum absolute atomic E-state index is 12.4. The van der Waals surface area contributed by atoms with E-state index >= 15 is 0 Å². The summed E-state index contributed by atoms with van der Waals surface area (Å²) in [6, 6.07) is 6.27. The van der Waals surface area contributed by atoms with Crippen LogP contribution in [0.5, 0.6) is 5.75 Å². The lowest BCUT2D eigenvalue weighted by molar-refractivity contribution is -0.131. The quantitative estimate of drug-likeness (QED) is 0.878. The Balaban J connectivity index is 1.99. The van der Waals surface area contributed by atoms with Gasteiger partial charge < -0.3 is 14.7 Å². The third kappa shape index (κ3) is 4.66. The Bertz CT molecular complexity index is 508. The van der Waals surface area contributed by atoms with Crippen molar-refractivity contribution in [3.05, 3.63) is 29.8 Å². The van der Waals surface area contributed by atoms with Crippen LogP contribution in [0.1, 0.15) is 31.7 Å². The summed E-state index contributed by atoms with van der Waals surface area (Å²) in [7, 11) is 0. The van der Waals surface area contributed by atoms with E-state index in [1.54, 1.807) is 24.0 Å². The zero-order valence-electron chi connectivity index (χ0n) is 12.5. The van der Waals surface area contributed by atoms with Crippen molar-refractivity contribution in [2.45, 2.75) is 51.4 Å². The lowest BCUT2D eigenvalue weighted by atomic mass is 10.1. The van der Waals surface area contributed by atoms with E-state index in [4.69, 9.17) is 0 Å². The second kappa shape index (κ2) is 7.54. The lowest BCUT2D eigenvalue weighted by Crippen LogP contribution is -2.38. The number of hydrogen-bond acceptors (Lipinski definition) is 3. The van der Waals surface area contributed by atoms with Crippen LogP contribution in [0.3, 0.4) is 0 Å². The highest BCUT2D eigenvalue weighted by Gasteiger charge is 2.29. The molecule has 1 saturated heterocycles. The predicted molar refractivity (Wildman–Crippen MR) is 77.8 cm³/mol. The molecule has 2 unspecified atom stereocenters. The number of alkyl halides is 2. The zero-order valence-corrected chi connectivity index (χ0v) is 12.5. The summed E-state index contributed by atoms with van der Waals surface area (Å²) >= 11 is 0. The van der Waals surface area contributed by atoms with Crippen LogP contribution in [0.15, 0.2) is 24.3 Å². The van der Waals surface area contributed by atoms with Crippen molar-refractivity contribution in [3.8, 4) is 5.75 Å². The standard InChI is InChI=1S/C16H21F2NO3/c1-11(20)8-13-5-3-7-19(13)15(21)10-12-4-2-6-14(9-12)22-16(17)18/h2,4,6,9,11,13,16,20H,3,5,7-8,10H2,1H3. The highest BCUT2D eigenvalue weighted by molar-refractivity contribution is 5.79. The highest BCUT2D eigenvalue weighted by Crippen LogP contribution is 2.23. The Kier molecular flexibility index (Phi) is 5.71. The van der Waals surface area contributed by atoms with E-state index < -0.39 is 12.7 Å². The number of likely N-dealkylation sites (tertiary alicyclic amines) is 1. The highest BCUT2D eigenvalue weighted by atomic mass is 19.3. The average molecular weight is 313 g/mol. The van der Waals surface area contributed by atoms with Crippen LogP contribution < -0.4 is 4.74 Å². The molecule has 1 aliphatic heterocycles. The van der Waals surface area contributed by atoms with Crippen LogP contribution in [-0.4, -0.2) is 41.2 Å². The molecule has 0 spiro atoms. The molecule has 1 N–H and O–H groups in total. The largest absolute Gasteiger partial charge is 0.435 e. The van der Waals surface area contributed by atoms with E-state index in [0.29, 0.717) is 18.5 Å². The van der Waals surface area contributed by atoms with Crippen molar-refractivity contribution in [2.24, 2.45) is 0 Å². The van der Waals surface area contributed by atoms with Crippen LogP contribution in [0.25, 0.3) is 0 Å². The predicted octanol–water partition coefficient (Wildman–Crippen LogP) is 2.59. The first kappa shape index (κ1) is 16.7. The molecule has 122 valence electrons. The average Bonchev–Trinajstić information content (AvgIpc) is 2.85. The van der Waals surface area contributed by atoms with Crippen molar-refractivity contribution >= 4 is 5.91 Å². The van der Waals surface area contributed by atoms with Crippen LogP contribution in [0.2, 0.25) is 0 Å². The Labute approximate surface area is 128 Å². The van der Waals surface area contributed by atoms with E-state index in [1.165, 1.54) is 12.1 Å². The van der Waals surface area contributed by atoms with Gasteiger partial charge in [0.05, 0.1) is 12.5 Å². The Hall–Kier alpha value is -1.69. The summed E-state index contributed by atoms with van der Waals surface area (Å²) in [6.45, 7) is -0.477. The molecular weight excluding hydrogens is 292 g/mol. The van der Waals surface area contributed by atoms with Gasteiger partial charge in [-0.1, -0.05) is 12.1 Å². The summed E-state index contributed by atoms with van der Waals surface area (Å²) in [6.07, 6.45) is 2.10. The summed E-state index contributed by atoms with van der Waals surface area (Å²) in [5.74, 6) is 0.0135. The van der Waals surface area contributed by atoms with E-state index in [0.717, 1.165) is 12.8 Å². The minimum Gasteiger partial charge on any atom is -0.435 e. The number of rotatable bonds is 6. The van der Waals surface area contributed by atoms with Crippen molar-refractivity contribution in [2.75, 3.05) is 6.54 Å². The molecule has 2 rings (SSSR count). The number of aliphatic hydroxyl groups is 1. The Morgan fingerprint density at radius 2 is 2.27 bits per heavy atom. The van der Waals surface area contributed by atoms with Crippen molar-refractivity contribution < 1.29 is 23.4 Å². The molecule has 2 atom stereocenters. The van der Waals surface area contributed by atoms with Gasteiger partial charge in [0.15, 0.2) is 0 Å². The van der Waals surface area contributed by atoms with Crippen molar-refractivity contribution in [1.82, 2.24) is 4.90 Å². The van der Waals surface area contributed by atoms with Gasteiger partial charge in [-0.15, -0.1) is 0 Å². The SMILES string of the molecule is CC(O)CC1CCCN1C(=O)Cc1cccc(OC(F)F)c1. The molecule has 0 radical (unpaired) electrons. The number of halogens is 2. The monoisotopic (exact) mass is 313 g/mol. The summed E-state index contributed by atoms with van der Waals surface area (Å²) in [4.78, 5) is 14.2. The van der Waals surface area contributed by atoms with Gasteiger partial charge in [-0.2, -0.15) is 8.78 Å². The first-order valence-corrected chi connectivity index (χ1v) is 7.47. The smallest absolute Gasteiger partial charge is 0.387 e. The van der Waals surface area contributed by atoms with E-state index in [2.05, 4.69) is 4.74 Å². The molecule has 6 heteroatoms. The first-order chi connectivity index (χ1) is 10.5. The molecule has 4 nitrogen and oxygen atoms in total. The van der Waals surface area contributed by atoms with Crippen LogP contribution in [-0.2, 0) is 11.2 Å². The number of carbonyl (C=O) groups excluding carboxylic acids is 1. The van der Waals surface area contributed by atoms with Gasteiger partial charge in [0.2, 0.25) is 5.91 Å². The normalized spacial score (nSPS) is 19.5. The number of amides is 1. The Morgan fingerprint density at radius 1 is 1.50 bits per heavy atom. The molecule has 1 aromatic carbocycles. The third-order valence-corrected chi connectivity index (χ3v) is 3.79. The molecule has 1 fully saturated rings. The molecule has 0 aliphatic carbocycles. The minimum absolute atomic E-state index is 0.0441. The number of hydrogen-bond donors (Lipinski definition) is 1. The van der Waals surface area contributed by atoms with Gasteiger partial charge in [-0.3, -0.25) is 4.79 Å². The van der Waals surface area contributed by atoms with Crippen LogP contribution >= 0.6 is 0 Å². The number of ether oxygens (including phenoxy) is 1. The molecule has 1 aliphatic rings. The summed E-state index contributed by atoms with van der Waals surface area (Å²) in [5.41, 5.74) is 0.644. The molecule has 0 saturated carbocycles. The van der Waals surface area contributed by atoms with Crippen molar-refractivity contribution in [3.63, 3.8) is 0 Å². The third-order valence-electron chi connectivity index (χ3n) is 3.79. The van der Waals surface area contributed by atoms with Crippen LogP contribution in [0.4, 0.5) is 8.78 Å². The molecule has 0 aromatic heterocycles. The second-order valence-electron chi connectivity index (χ2n) is 5.67. The molecule has 0 bridgehead atoms. The van der Waals surface area contributed by atoms with E-state index in [-0.39, 0.29) is 24.1 Å². The molecule has 1 heterocycles. The number of nitrogens with zero attached hydrogens (tertiary/aromatic N) is 1. The van der Waals surface area contributed by atoms with Gasteiger partial charge in [0, 0.05) is 12.6 Å². The zero-order chi connectivity index (χ0) is 16.1. The second-order valence-corrected chi connectivity index (χ2v) is 5.67. The molecule has 1 aromatic rings. The maximum atomic E-state index is 12.4. The number of carbonyl (C=O) groups is 1. The van der Waals surface area contributed by atoms with Crippen molar-refractivity contribution in [1.29, 1.82) is 0 Å². The van der Waals surface area contributed by atoms with Gasteiger partial charge in [-0.05, 0) is 43.9 Å². The van der Waals surface area contributed by atoms with Crippen LogP contribution in [0, 0.1) is 0 Å². The molecule has 1 amide bonds. The molecular formula is C16H21F2NO3. The lowest BCUT2D eigenvalue weighted by Gasteiger charge is -2.26. The van der Waals surface area contributed by atoms with E-state index in [9.17, 15) is 18.7 Å². The maximum Gasteiger partial charge on any atom is 0.387 e. The summed E-state index contributed by atoms with van der Waals surface area (Å²) in [5, 5.41) is 9.50. The Morgan fingerprint density at radius 3 is 2.95 bits per heavy atom. The van der Waals surface area contributed by atoms with Gasteiger partial charge in [0.25, 0.3) is 0 Å². The van der Waals surface area contributed by atoms with Gasteiger partial charge in [-0.25, -0.2) is 0 Å². The van der Waals surface area contributed by atoms with Gasteiger partial charge >= 0.3 is 6.61 Å². The minimum atomic E-state index is -2.88. The summed E-state index contributed by atoms with van der Waals surface area (Å²) < 4.78 is 28.8. The number of aliphatic hydroxyl groups excluding tert-OH is 1. The first-order valence-electron chi connectivity index (χ1n) is 7.47. The fourth-order valence-electron chi connectivity index (χ4n) is 2.91. The fourth-order valence-corrected chi connectivity index (χ4v) is 2.91. The topological polar surface area (TPSA) is 49.8 Å².